The fourth-order valence-electron chi connectivity index (χ4n) is 4.50. The Bertz CT molecular complexity index is 1390. The van der Waals surface area contributed by atoms with E-state index in [2.05, 4.69) is 46.2 Å². The average molecular weight is 614 g/mol. The van der Waals surface area contributed by atoms with Crippen LogP contribution in [-0.2, 0) is 11.3 Å². The Balaban J connectivity index is 1.59. The minimum absolute atomic E-state index is 0.0621. The molecule has 2 atom stereocenters. The summed E-state index contributed by atoms with van der Waals surface area (Å²) in [7, 11) is 0. The fourth-order valence-corrected chi connectivity index (χ4v) is 4.50. The quantitative estimate of drug-likeness (QED) is 0.328. The lowest BCUT2D eigenvalue weighted by Crippen LogP contribution is -2.50. The predicted molar refractivity (Wildman–Crippen MR) is 121 cm³/mol. The van der Waals surface area contributed by atoms with Gasteiger partial charge in [0.05, 0.1) is 6.20 Å². The van der Waals surface area contributed by atoms with Crippen LogP contribution in [0.1, 0.15) is 60.2 Å². The molecule has 0 aliphatic heterocycles. The summed E-state index contributed by atoms with van der Waals surface area (Å²) in [5.74, 6) is -7.95. The molecule has 0 spiro atoms. The first-order valence-electron chi connectivity index (χ1n) is 12.3. The summed E-state index contributed by atoms with van der Waals surface area (Å²) in [6.07, 6.45) is -9.94. The number of alkyl halides is 7. The number of hydrogen-bond donors (Lipinski definition) is 2. The monoisotopic (exact) mass is 614 g/mol. The van der Waals surface area contributed by atoms with E-state index in [9.17, 15) is 44.7 Å². The number of hydrogen-bond acceptors (Lipinski definition) is 9. The number of carbonyl (C=O) groups excluding carboxylic acids is 2. The molecule has 1 fully saturated rings. The third-order valence-corrected chi connectivity index (χ3v) is 6.52. The standard InChI is InChI=1S/C21H22F8N10O3/c1-9-14(35-42-34-9)18(40)31-15(10-2-4-20(25,26)5-3-10)19(41)30-11-7-38(33-16(11)24)12(6-13(22)23)17-32-36-37-39(17)8-21(27,28)29/h7,10,12-13,15H,2-6,8H2,1H3,(H,30,41)(H,31,40)/t12?,15-/m0/s1. The van der Waals surface area contributed by atoms with Crippen molar-refractivity contribution in [3.05, 3.63) is 29.4 Å². The van der Waals surface area contributed by atoms with Crippen molar-refractivity contribution in [2.75, 3.05) is 5.32 Å². The maximum absolute atomic E-state index is 14.8. The Hall–Kier alpha value is -4.20. The lowest BCUT2D eigenvalue weighted by atomic mass is 9.81. The Morgan fingerprint density at radius 2 is 1.88 bits per heavy atom. The van der Waals surface area contributed by atoms with Gasteiger partial charge < -0.3 is 10.6 Å². The van der Waals surface area contributed by atoms with Gasteiger partial charge in [-0.05, 0) is 41.3 Å². The molecule has 42 heavy (non-hydrogen) atoms. The van der Waals surface area contributed by atoms with Gasteiger partial charge in [-0.2, -0.15) is 17.6 Å². The van der Waals surface area contributed by atoms with E-state index in [1.165, 1.54) is 6.92 Å². The number of nitrogens with zero attached hydrogens (tertiary/aromatic N) is 8. The number of anilines is 1. The molecule has 3 aromatic rings. The van der Waals surface area contributed by atoms with Crippen molar-refractivity contribution in [2.45, 2.75) is 76.2 Å². The van der Waals surface area contributed by atoms with Crippen molar-refractivity contribution in [2.24, 2.45) is 5.92 Å². The Morgan fingerprint density at radius 3 is 2.48 bits per heavy atom. The molecule has 3 aromatic heterocycles. The second-order valence-corrected chi connectivity index (χ2v) is 9.60. The minimum atomic E-state index is -4.82. The largest absolute Gasteiger partial charge is 0.408 e. The number of carbonyl (C=O) groups is 2. The maximum atomic E-state index is 14.8. The van der Waals surface area contributed by atoms with E-state index < -0.39 is 91.6 Å². The Labute approximate surface area is 229 Å². The molecule has 1 unspecified atom stereocenters. The zero-order chi connectivity index (χ0) is 30.8. The number of tetrazole rings is 1. The smallest absolute Gasteiger partial charge is 0.338 e. The van der Waals surface area contributed by atoms with Crippen LogP contribution in [0.2, 0.25) is 0 Å². The van der Waals surface area contributed by atoms with Gasteiger partial charge in [-0.25, -0.2) is 26.9 Å². The first-order chi connectivity index (χ1) is 19.6. The highest BCUT2D eigenvalue weighted by molar-refractivity contribution is 6.00. The van der Waals surface area contributed by atoms with Gasteiger partial charge >= 0.3 is 6.18 Å². The number of aromatic nitrogens is 8. The number of nitrogens with one attached hydrogen (secondary N) is 2. The van der Waals surface area contributed by atoms with Gasteiger partial charge in [-0.1, -0.05) is 5.16 Å². The molecule has 21 heteroatoms. The average Bonchev–Trinajstić information content (AvgIpc) is 3.60. The van der Waals surface area contributed by atoms with E-state index in [1.807, 2.05) is 0 Å². The van der Waals surface area contributed by atoms with E-state index in [4.69, 9.17) is 0 Å². The fraction of sp³-hybridized carbons (Fsp3) is 0.619. The number of halogens is 8. The third kappa shape index (κ3) is 7.35. The molecule has 1 aliphatic rings. The Morgan fingerprint density at radius 1 is 1.19 bits per heavy atom. The van der Waals surface area contributed by atoms with Crippen LogP contribution in [0.3, 0.4) is 0 Å². The van der Waals surface area contributed by atoms with E-state index >= 15 is 0 Å². The van der Waals surface area contributed by atoms with Gasteiger partial charge in [0.25, 0.3) is 11.9 Å². The van der Waals surface area contributed by atoms with Crippen LogP contribution >= 0.6 is 0 Å². The van der Waals surface area contributed by atoms with E-state index in [0.29, 0.717) is 4.68 Å². The maximum Gasteiger partial charge on any atom is 0.408 e. The summed E-state index contributed by atoms with van der Waals surface area (Å²) in [5.41, 5.74) is -0.930. The van der Waals surface area contributed by atoms with Crippen molar-refractivity contribution >= 4 is 17.5 Å². The van der Waals surface area contributed by atoms with Crippen LogP contribution in [0.4, 0.5) is 40.8 Å². The van der Waals surface area contributed by atoms with Gasteiger partial charge in [0.2, 0.25) is 18.3 Å². The van der Waals surface area contributed by atoms with Crippen molar-refractivity contribution in [1.82, 2.24) is 45.6 Å². The molecule has 1 saturated carbocycles. The minimum Gasteiger partial charge on any atom is -0.338 e. The van der Waals surface area contributed by atoms with Crippen LogP contribution in [0.15, 0.2) is 10.8 Å². The summed E-state index contributed by atoms with van der Waals surface area (Å²) in [6, 6.07) is -3.29. The van der Waals surface area contributed by atoms with Gasteiger partial charge in [-0.15, -0.1) is 10.2 Å². The van der Waals surface area contributed by atoms with Crippen LogP contribution in [0.5, 0.6) is 0 Å². The number of aryl methyl sites for hydroxylation is 1. The zero-order valence-corrected chi connectivity index (χ0v) is 21.5. The molecule has 0 radical (unpaired) electrons. The predicted octanol–water partition coefficient (Wildman–Crippen LogP) is 3.07. The highest BCUT2D eigenvalue weighted by Gasteiger charge is 2.41. The summed E-state index contributed by atoms with van der Waals surface area (Å²) < 4.78 is 113. The zero-order valence-electron chi connectivity index (χ0n) is 21.5. The molecule has 0 bridgehead atoms. The topological polar surface area (TPSA) is 159 Å². The molecule has 13 nitrogen and oxygen atoms in total. The summed E-state index contributed by atoms with van der Waals surface area (Å²) in [5, 5.41) is 24.4. The highest BCUT2D eigenvalue weighted by Crippen LogP contribution is 2.38. The van der Waals surface area contributed by atoms with E-state index in [-0.39, 0.29) is 28.9 Å². The van der Waals surface area contributed by atoms with Gasteiger partial charge in [0, 0.05) is 19.3 Å². The second-order valence-electron chi connectivity index (χ2n) is 9.60. The molecule has 230 valence electrons. The lowest BCUT2D eigenvalue weighted by Gasteiger charge is -2.33. The van der Waals surface area contributed by atoms with Crippen LogP contribution in [0, 0.1) is 18.8 Å². The highest BCUT2D eigenvalue weighted by atomic mass is 19.4. The molecular formula is C21H22F8N10O3. The number of amides is 2. The van der Waals surface area contributed by atoms with Crippen LogP contribution in [0.25, 0.3) is 0 Å². The van der Waals surface area contributed by atoms with Crippen molar-refractivity contribution in [1.29, 1.82) is 0 Å². The first-order valence-corrected chi connectivity index (χ1v) is 12.3. The van der Waals surface area contributed by atoms with E-state index in [1.54, 1.807) is 0 Å². The summed E-state index contributed by atoms with van der Waals surface area (Å²) in [6.45, 7) is -0.350. The van der Waals surface area contributed by atoms with Gasteiger partial charge in [0.1, 0.15) is 30.0 Å². The molecule has 0 aromatic carbocycles. The molecular weight excluding hydrogens is 592 g/mol. The van der Waals surface area contributed by atoms with Gasteiger partial charge in [-0.3, -0.25) is 14.3 Å². The Kier molecular flexibility index (Phi) is 8.76. The molecule has 1 aliphatic carbocycles. The third-order valence-electron chi connectivity index (χ3n) is 6.52. The van der Waals surface area contributed by atoms with Crippen molar-refractivity contribution < 1.29 is 49.3 Å². The molecule has 2 amide bonds. The second kappa shape index (κ2) is 12.0. The SMILES string of the molecule is Cc1nonc1C(=O)N[C@H](C(=O)Nc1cn(C(CC(F)F)c2nnnn2CC(F)(F)F)nc1F)C1CCC(F)(F)CC1. The van der Waals surface area contributed by atoms with Crippen molar-refractivity contribution in [3.8, 4) is 0 Å². The molecule has 4 rings (SSSR count). The van der Waals surface area contributed by atoms with Gasteiger partial charge in [0.15, 0.2) is 11.5 Å². The summed E-state index contributed by atoms with van der Waals surface area (Å²) >= 11 is 0. The van der Waals surface area contributed by atoms with E-state index in [0.717, 1.165) is 6.20 Å². The number of rotatable bonds is 10. The molecule has 3 heterocycles. The normalized spacial score (nSPS) is 17.3. The lowest BCUT2D eigenvalue weighted by molar-refractivity contribution is -0.143. The van der Waals surface area contributed by atoms with Crippen LogP contribution in [-0.4, -0.2) is 76.7 Å². The molecule has 0 saturated heterocycles. The van der Waals surface area contributed by atoms with Crippen LogP contribution < -0.4 is 10.6 Å². The first kappa shape index (κ1) is 30.8. The summed E-state index contributed by atoms with van der Waals surface area (Å²) in [4.78, 5) is 26.0. The van der Waals surface area contributed by atoms with Crippen molar-refractivity contribution in [3.63, 3.8) is 0 Å². The molecule has 2 N–H and O–H groups in total.